The molecule has 21 heavy (non-hydrogen) atoms. The number of amides is 1. The van der Waals surface area contributed by atoms with Crippen LogP contribution in [0.2, 0.25) is 0 Å². The molecule has 2 aliphatic rings. The number of phenols is 1. The van der Waals surface area contributed by atoms with Gasteiger partial charge in [-0.15, -0.1) is 0 Å². The van der Waals surface area contributed by atoms with Crippen molar-refractivity contribution in [3.05, 3.63) is 23.8 Å². The number of anilines is 1. The van der Waals surface area contributed by atoms with E-state index in [1.165, 1.54) is 18.2 Å². The zero-order chi connectivity index (χ0) is 15.0. The van der Waals surface area contributed by atoms with Crippen molar-refractivity contribution in [3.63, 3.8) is 0 Å². The van der Waals surface area contributed by atoms with Crippen molar-refractivity contribution >= 4 is 17.6 Å². The lowest BCUT2D eigenvalue weighted by Gasteiger charge is -2.23. The summed E-state index contributed by atoms with van der Waals surface area (Å²) in [5, 5.41) is 24.5. The first-order valence-corrected chi connectivity index (χ1v) is 7.10. The molecule has 6 heteroatoms. The van der Waals surface area contributed by atoms with Crippen LogP contribution in [0.5, 0.6) is 5.75 Å². The molecule has 1 aromatic carbocycles. The second-order valence-corrected chi connectivity index (χ2v) is 5.90. The summed E-state index contributed by atoms with van der Waals surface area (Å²) in [5.41, 5.74) is 0.341. The first-order chi connectivity index (χ1) is 10.0. The molecule has 0 radical (unpaired) electrons. The molecule has 3 rings (SSSR count). The van der Waals surface area contributed by atoms with E-state index in [9.17, 15) is 14.7 Å². The summed E-state index contributed by atoms with van der Waals surface area (Å²) in [5.74, 6) is -1.56. The Labute approximate surface area is 122 Å². The van der Waals surface area contributed by atoms with E-state index in [1.54, 1.807) is 0 Å². The monoisotopic (exact) mass is 290 g/mol. The second-order valence-electron chi connectivity index (χ2n) is 5.90. The number of carboxylic acid groups (broad SMARTS) is 1. The molecule has 1 amide bonds. The molecular weight excluding hydrogens is 272 g/mol. The largest absolute Gasteiger partial charge is 0.507 e. The molecule has 1 saturated heterocycles. The number of aromatic carboxylic acids is 1. The third kappa shape index (κ3) is 2.58. The first-order valence-electron chi connectivity index (χ1n) is 7.10. The van der Waals surface area contributed by atoms with Gasteiger partial charge in [0, 0.05) is 11.6 Å². The lowest BCUT2D eigenvalue weighted by Crippen LogP contribution is -2.31. The minimum Gasteiger partial charge on any atom is -0.507 e. The molecule has 6 nitrogen and oxygen atoms in total. The van der Waals surface area contributed by atoms with Crippen LogP contribution in [-0.2, 0) is 4.79 Å². The van der Waals surface area contributed by atoms with Crippen LogP contribution in [-0.4, -0.2) is 35.2 Å². The zero-order valence-electron chi connectivity index (χ0n) is 11.6. The highest BCUT2D eigenvalue weighted by Crippen LogP contribution is 2.58. The SMILES string of the molecule is O=C(O)c1cc(NC(=O)C2CC23CCNCC3)ccc1O. The van der Waals surface area contributed by atoms with Gasteiger partial charge in [0.2, 0.25) is 5.91 Å². The number of aromatic hydroxyl groups is 1. The fraction of sp³-hybridized carbons (Fsp3) is 0.467. The number of benzene rings is 1. The van der Waals surface area contributed by atoms with E-state index in [4.69, 9.17) is 5.11 Å². The fourth-order valence-corrected chi connectivity index (χ4v) is 3.21. The van der Waals surface area contributed by atoms with Gasteiger partial charge in [0.15, 0.2) is 0 Å². The van der Waals surface area contributed by atoms with Crippen LogP contribution >= 0.6 is 0 Å². The van der Waals surface area contributed by atoms with Crippen LogP contribution in [0, 0.1) is 11.3 Å². The Hall–Kier alpha value is -2.08. The number of hydrogen-bond acceptors (Lipinski definition) is 4. The molecule has 1 atom stereocenters. The normalized spacial score (nSPS) is 22.8. The number of carbonyl (C=O) groups is 2. The quantitative estimate of drug-likeness (QED) is 0.631. The van der Waals surface area contributed by atoms with Gasteiger partial charge in [-0.05, 0) is 56.0 Å². The van der Waals surface area contributed by atoms with Gasteiger partial charge >= 0.3 is 5.97 Å². The van der Waals surface area contributed by atoms with E-state index in [0.717, 1.165) is 32.4 Å². The highest BCUT2D eigenvalue weighted by atomic mass is 16.4. The lowest BCUT2D eigenvalue weighted by atomic mass is 9.92. The van der Waals surface area contributed by atoms with Gasteiger partial charge in [0.25, 0.3) is 0 Å². The summed E-state index contributed by atoms with van der Waals surface area (Å²) >= 11 is 0. The number of hydrogen-bond donors (Lipinski definition) is 4. The molecule has 112 valence electrons. The summed E-state index contributed by atoms with van der Waals surface area (Å²) < 4.78 is 0. The third-order valence-electron chi connectivity index (χ3n) is 4.60. The molecule has 1 heterocycles. The van der Waals surface area contributed by atoms with Crippen molar-refractivity contribution in [3.8, 4) is 5.75 Å². The van der Waals surface area contributed by atoms with E-state index in [-0.39, 0.29) is 28.6 Å². The second kappa shape index (κ2) is 5.04. The van der Waals surface area contributed by atoms with Gasteiger partial charge in [0.05, 0.1) is 0 Å². The number of piperidine rings is 1. The average Bonchev–Trinajstić information content (AvgIpc) is 3.15. The molecule has 1 unspecified atom stereocenters. The molecule has 1 aromatic rings. The van der Waals surface area contributed by atoms with Gasteiger partial charge in [-0.2, -0.15) is 0 Å². The maximum atomic E-state index is 12.3. The predicted molar refractivity (Wildman–Crippen MR) is 76.3 cm³/mol. The zero-order valence-corrected chi connectivity index (χ0v) is 11.6. The lowest BCUT2D eigenvalue weighted by molar-refractivity contribution is -0.118. The van der Waals surface area contributed by atoms with Gasteiger partial charge in [-0.3, -0.25) is 4.79 Å². The number of carbonyl (C=O) groups excluding carboxylic acids is 1. The van der Waals surface area contributed by atoms with Gasteiger partial charge in [-0.1, -0.05) is 0 Å². The highest BCUT2D eigenvalue weighted by Gasteiger charge is 2.57. The Morgan fingerprint density at radius 2 is 2.00 bits per heavy atom. The molecule has 1 aliphatic heterocycles. The van der Waals surface area contributed by atoms with Crippen molar-refractivity contribution < 1.29 is 19.8 Å². The van der Waals surface area contributed by atoms with Crippen LogP contribution in [0.25, 0.3) is 0 Å². The maximum Gasteiger partial charge on any atom is 0.339 e. The highest BCUT2D eigenvalue weighted by molar-refractivity contribution is 5.97. The summed E-state index contributed by atoms with van der Waals surface area (Å²) in [6, 6.07) is 4.08. The van der Waals surface area contributed by atoms with Crippen molar-refractivity contribution in [1.29, 1.82) is 0 Å². The fourth-order valence-electron chi connectivity index (χ4n) is 3.21. The van der Waals surface area contributed by atoms with Crippen LogP contribution < -0.4 is 10.6 Å². The molecule has 2 fully saturated rings. The smallest absolute Gasteiger partial charge is 0.339 e. The van der Waals surface area contributed by atoms with Crippen LogP contribution in [0.4, 0.5) is 5.69 Å². The van der Waals surface area contributed by atoms with Crippen molar-refractivity contribution in [2.24, 2.45) is 11.3 Å². The Morgan fingerprint density at radius 3 is 2.67 bits per heavy atom. The van der Waals surface area contributed by atoms with Gasteiger partial charge in [-0.25, -0.2) is 4.79 Å². The van der Waals surface area contributed by atoms with E-state index in [0.29, 0.717) is 5.69 Å². The standard InChI is InChI=1S/C15H18N2O4/c18-12-2-1-9(7-10(12)14(20)21)17-13(19)11-8-15(11)3-5-16-6-4-15/h1-2,7,11,16,18H,3-6,8H2,(H,17,19)(H,20,21). The van der Waals surface area contributed by atoms with E-state index < -0.39 is 5.97 Å². The Balaban J connectivity index is 1.68. The molecular formula is C15H18N2O4. The summed E-state index contributed by atoms with van der Waals surface area (Å²) in [4.78, 5) is 23.2. The van der Waals surface area contributed by atoms with Crippen LogP contribution in [0.3, 0.4) is 0 Å². The molecule has 0 aromatic heterocycles. The van der Waals surface area contributed by atoms with Crippen LogP contribution in [0.15, 0.2) is 18.2 Å². The summed E-state index contributed by atoms with van der Waals surface area (Å²) in [7, 11) is 0. The van der Waals surface area contributed by atoms with Crippen molar-refractivity contribution in [2.75, 3.05) is 18.4 Å². The Kier molecular flexibility index (Phi) is 3.33. The van der Waals surface area contributed by atoms with E-state index >= 15 is 0 Å². The number of carboxylic acids is 1. The minimum atomic E-state index is -1.22. The molecule has 1 saturated carbocycles. The first kappa shape index (κ1) is 13.9. The molecule has 1 aliphatic carbocycles. The average molecular weight is 290 g/mol. The Bertz CT molecular complexity index is 593. The van der Waals surface area contributed by atoms with Crippen molar-refractivity contribution in [2.45, 2.75) is 19.3 Å². The number of nitrogens with one attached hydrogen (secondary N) is 2. The topological polar surface area (TPSA) is 98.7 Å². The molecule has 4 N–H and O–H groups in total. The molecule has 1 spiro atoms. The maximum absolute atomic E-state index is 12.3. The van der Waals surface area contributed by atoms with E-state index in [1.807, 2.05) is 0 Å². The Morgan fingerprint density at radius 1 is 1.29 bits per heavy atom. The summed E-state index contributed by atoms with van der Waals surface area (Å²) in [6.07, 6.45) is 2.94. The van der Waals surface area contributed by atoms with Crippen molar-refractivity contribution in [1.82, 2.24) is 5.32 Å². The van der Waals surface area contributed by atoms with Gasteiger partial charge in [0.1, 0.15) is 11.3 Å². The summed E-state index contributed by atoms with van der Waals surface area (Å²) in [6.45, 7) is 1.90. The van der Waals surface area contributed by atoms with Crippen LogP contribution in [0.1, 0.15) is 29.6 Å². The third-order valence-corrected chi connectivity index (χ3v) is 4.60. The predicted octanol–water partition coefficient (Wildman–Crippen LogP) is 1.42. The minimum absolute atomic E-state index is 0.0154. The molecule has 0 bridgehead atoms. The number of rotatable bonds is 3. The van der Waals surface area contributed by atoms with E-state index in [2.05, 4.69) is 10.6 Å². The van der Waals surface area contributed by atoms with Gasteiger partial charge < -0.3 is 20.8 Å².